The Bertz CT molecular complexity index is 725. The maximum atomic E-state index is 12.0. The maximum absolute atomic E-state index is 12.0. The van der Waals surface area contributed by atoms with Gasteiger partial charge in [-0.05, 0) is 40.2 Å². The third kappa shape index (κ3) is 3.78. The minimum absolute atomic E-state index is 0.180. The van der Waals surface area contributed by atoms with E-state index in [4.69, 9.17) is 5.11 Å². The van der Waals surface area contributed by atoms with E-state index in [0.717, 1.165) is 11.3 Å². The zero-order valence-corrected chi connectivity index (χ0v) is 13.1. The van der Waals surface area contributed by atoms with Crippen molar-refractivity contribution in [3.63, 3.8) is 0 Å². The van der Waals surface area contributed by atoms with Gasteiger partial charge in [0.1, 0.15) is 4.21 Å². The average Bonchev–Trinajstić information content (AvgIpc) is 2.78. The molecular weight excluding hydrogens is 368 g/mol. The summed E-state index contributed by atoms with van der Waals surface area (Å²) in [6, 6.07) is 6.08. The van der Waals surface area contributed by atoms with Crippen LogP contribution < -0.4 is 4.72 Å². The highest BCUT2D eigenvalue weighted by Gasteiger charge is 2.16. The number of aromatic nitrogens is 1. The summed E-state index contributed by atoms with van der Waals surface area (Å²) in [4.78, 5) is 14.4. The molecule has 0 aromatic carbocycles. The first kappa shape index (κ1) is 14.9. The first-order chi connectivity index (χ1) is 9.37. The Balaban J connectivity index is 2.15. The Morgan fingerprint density at radius 3 is 2.60 bits per heavy atom. The fourth-order valence-electron chi connectivity index (χ4n) is 1.39. The van der Waals surface area contributed by atoms with Gasteiger partial charge < -0.3 is 5.11 Å². The number of halogens is 1. The number of carboxylic acid groups (broad SMARTS) is 1. The number of thiophene rings is 1. The zero-order valence-electron chi connectivity index (χ0n) is 9.91. The van der Waals surface area contributed by atoms with Gasteiger partial charge in [0.05, 0.1) is 27.8 Å². The van der Waals surface area contributed by atoms with Crippen LogP contribution in [0.3, 0.4) is 0 Å². The highest BCUT2D eigenvalue weighted by Crippen LogP contribution is 2.27. The molecule has 0 aliphatic rings. The van der Waals surface area contributed by atoms with Crippen LogP contribution in [-0.4, -0.2) is 24.5 Å². The van der Waals surface area contributed by atoms with Crippen LogP contribution in [0.5, 0.6) is 0 Å². The number of anilines is 1. The third-order valence-corrected chi connectivity index (χ3v) is 5.72. The van der Waals surface area contributed by atoms with Gasteiger partial charge in [0.2, 0.25) is 0 Å². The lowest BCUT2D eigenvalue weighted by Gasteiger charge is -2.06. The van der Waals surface area contributed by atoms with Crippen molar-refractivity contribution in [2.75, 3.05) is 4.72 Å². The molecule has 2 N–H and O–H groups in total. The number of sulfonamides is 1. The normalized spacial score (nSPS) is 11.2. The van der Waals surface area contributed by atoms with Crippen LogP contribution in [0.1, 0.15) is 5.69 Å². The smallest absolute Gasteiger partial charge is 0.309 e. The number of hydrogen-bond acceptors (Lipinski definition) is 5. The fourth-order valence-corrected chi connectivity index (χ4v) is 4.45. The maximum Gasteiger partial charge on any atom is 0.309 e. The van der Waals surface area contributed by atoms with E-state index in [1.165, 1.54) is 24.4 Å². The molecule has 106 valence electrons. The van der Waals surface area contributed by atoms with Crippen LogP contribution in [0.25, 0.3) is 0 Å². The van der Waals surface area contributed by atoms with Crippen molar-refractivity contribution in [3.05, 3.63) is 39.9 Å². The van der Waals surface area contributed by atoms with E-state index in [1.54, 1.807) is 6.07 Å². The molecule has 0 aliphatic heterocycles. The molecule has 6 nitrogen and oxygen atoms in total. The fraction of sp³-hybridized carbons (Fsp3) is 0.0909. The van der Waals surface area contributed by atoms with Crippen molar-refractivity contribution in [3.8, 4) is 0 Å². The SMILES string of the molecule is O=C(O)Cc1ccc(NS(=O)(=O)c2ccc(Br)s2)cn1. The van der Waals surface area contributed by atoms with Crippen LogP contribution in [-0.2, 0) is 21.2 Å². The van der Waals surface area contributed by atoms with Gasteiger partial charge in [-0.15, -0.1) is 11.3 Å². The number of rotatable bonds is 5. The summed E-state index contributed by atoms with van der Waals surface area (Å²) in [7, 11) is -3.65. The van der Waals surface area contributed by atoms with Gasteiger partial charge in [-0.25, -0.2) is 8.42 Å². The van der Waals surface area contributed by atoms with E-state index >= 15 is 0 Å². The lowest BCUT2D eigenvalue weighted by Crippen LogP contribution is -2.12. The van der Waals surface area contributed by atoms with Gasteiger partial charge in [0, 0.05) is 0 Å². The Morgan fingerprint density at radius 1 is 1.35 bits per heavy atom. The number of nitrogens with one attached hydrogen (secondary N) is 1. The number of hydrogen-bond donors (Lipinski definition) is 2. The van der Waals surface area contributed by atoms with Crippen LogP contribution in [0.15, 0.2) is 38.5 Å². The standard InChI is InChI=1S/C11H9BrN2O4S2/c12-9-3-4-11(19-9)20(17,18)14-8-2-1-7(13-6-8)5-10(15)16/h1-4,6,14H,5H2,(H,15,16). The second-order valence-corrected chi connectivity index (χ2v) is 8.15. The number of carbonyl (C=O) groups is 1. The summed E-state index contributed by atoms with van der Waals surface area (Å²) >= 11 is 4.29. The van der Waals surface area contributed by atoms with Crippen molar-refractivity contribution in [2.45, 2.75) is 10.6 Å². The molecule has 2 heterocycles. The Labute approximate surface area is 127 Å². The molecule has 0 spiro atoms. The minimum atomic E-state index is -3.65. The van der Waals surface area contributed by atoms with Crippen LogP contribution in [0.2, 0.25) is 0 Å². The van der Waals surface area contributed by atoms with Crippen molar-refractivity contribution < 1.29 is 18.3 Å². The Hall–Kier alpha value is -1.45. The molecular formula is C11H9BrN2O4S2. The van der Waals surface area contributed by atoms with Gasteiger partial charge in [-0.3, -0.25) is 14.5 Å². The van der Waals surface area contributed by atoms with Gasteiger partial charge >= 0.3 is 5.97 Å². The monoisotopic (exact) mass is 376 g/mol. The quantitative estimate of drug-likeness (QED) is 0.834. The highest BCUT2D eigenvalue weighted by molar-refractivity contribution is 9.11. The molecule has 9 heteroatoms. The van der Waals surface area contributed by atoms with Crippen molar-refractivity contribution >= 4 is 48.9 Å². The van der Waals surface area contributed by atoms with Crippen molar-refractivity contribution in [1.29, 1.82) is 0 Å². The number of aliphatic carboxylic acids is 1. The first-order valence-corrected chi connectivity index (χ1v) is 8.41. The molecule has 0 bridgehead atoms. The second kappa shape index (κ2) is 5.90. The minimum Gasteiger partial charge on any atom is -0.481 e. The lowest BCUT2D eigenvalue weighted by atomic mass is 10.3. The summed E-state index contributed by atoms with van der Waals surface area (Å²) in [5.41, 5.74) is 0.642. The van der Waals surface area contributed by atoms with E-state index in [0.29, 0.717) is 9.48 Å². The van der Waals surface area contributed by atoms with Crippen LogP contribution in [0.4, 0.5) is 5.69 Å². The Morgan fingerprint density at radius 2 is 2.10 bits per heavy atom. The number of pyridine rings is 1. The molecule has 2 rings (SSSR count). The summed E-state index contributed by atoms with van der Waals surface area (Å²) in [5.74, 6) is -0.991. The first-order valence-electron chi connectivity index (χ1n) is 5.32. The molecule has 0 saturated heterocycles. The molecule has 0 saturated carbocycles. The second-order valence-electron chi connectivity index (χ2n) is 3.77. The van der Waals surface area contributed by atoms with Gasteiger partial charge in [0.25, 0.3) is 10.0 Å². The third-order valence-electron chi connectivity index (χ3n) is 2.22. The molecule has 0 unspecified atom stereocenters. The van der Waals surface area contributed by atoms with E-state index in [2.05, 4.69) is 25.6 Å². The molecule has 0 radical (unpaired) electrons. The predicted molar refractivity (Wildman–Crippen MR) is 78.4 cm³/mol. The molecule has 0 aliphatic carbocycles. The van der Waals surface area contributed by atoms with Gasteiger partial charge in [-0.2, -0.15) is 0 Å². The summed E-state index contributed by atoms with van der Waals surface area (Å²) in [6.07, 6.45) is 1.09. The molecule has 0 atom stereocenters. The van der Waals surface area contributed by atoms with Crippen LogP contribution >= 0.6 is 27.3 Å². The van der Waals surface area contributed by atoms with E-state index in [-0.39, 0.29) is 16.3 Å². The lowest BCUT2D eigenvalue weighted by molar-refractivity contribution is -0.136. The summed E-state index contributed by atoms with van der Waals surface area (Å²) in [5, 5.41) is 8.62. The molecule has 20 heavy (non-hydrogen) atoms. The average molecular weight is 377 g/mol. The largest absolute Gasteiger partial charge is 0.481 e. The van der Waals surface area contributed by atoms with Gasteiger partial charge in [0.15, 0.2) is 0 Å². The molecule has 0 fully saturated rings. The van der Waals surface area contributed by atoms with E-state index < -0.39 is 16.0 Å². The molecule has 0 amide bonds. The molecule has 2 aromatic heterocycles. The van der Waals surface area contributed by atoms with E-state index in [1.807, 2.05) is 0 Å². The number of nitrogens with zero attached hydrogens (tertiary/aromatic N) is 1. The van der Waals surface area contributed by atoms with Crippen molar-refractivity contribution in [2.24, 2.45) is 0 Å². The summed E-state index contributed by atoms with van der Waals surface area (Å²) in [6.45, 7) is 0. The predicted octanol–water partition coefficient (Wildman–Crippen LogP) is 2.33. The Kier molecular flexibility index (Phi) is 4.41. The summed E-state index contributed by atoms with van der Waals surface area (Å²) < 4.78 is 27.3. The van der Waals surface area contributed by atoms with Crippen molar-refractivity contribution in [1.82, 2.24) is 4.98 Å². The highest BCUT2D eigenvalue weighted by atomic mass is 79.9. The zero-order chi connectivity index (χ0) is 14.8. The molecule has 2 aromatic rings. The van der Waals surface area contributed by atoms with Gasteiger partial charge in [-0.1, -0.05) is 0 Å². The van der Waals surface area contributed by atoms with Crippen LogP contribution in [0, 0.1) is 0 Å². The van der Waals surface area contributed by atoms with E-state index in [9.17, 15) is 13.2 Å². The number of carboxylic acids is 1. The topological polar surface area (TPSA) is 96.4 Å².